The van der Waals surface area contributed by atoms with Crippen LogP contribution in [0.1, 0.15) is 139 Å². The predicted molar refractivity (Wildman–Crippen MR) is 190 cm³/mol. The van der Waals surface area contributed by atoms with Gasteiger partial charge in [0.15, 0.2) is 5.69 Å². The van der Waals surface area contributed by atoms with Gasteiger partial charge in [0.25, 0.3) is 5.91 Å². The molecule has 1 aliphatic carbocycles. The monoisotopic (exact) mass is 659 g/mol. The second kappa shape index (κ2) is 20.9. The maximum absolute atomic E-state index is 13.2. The zero-order valence-corrected chi connectivity index (χ0v) is 29.2. The van der Waals surface area contributed by atoms with E-state index in [4.69, 9.17) is 39.9 Å². The number of nitrogens with zero attached hydrogens (tertiary/aromatic N) is 2. The van der Waals surface area contributed by atoms with Crippen molar-refractivity contribution < 1.29 is 4.79 Å². The number of carbonyl (C=O) groups is 1. The molecular formula is C37H52Cl3N3O. The zero-order valence-electron chi connectivity index (χ0n) is 26.9. The van der Waals surface area contributed by atoms with Gasteiger partial charge in [-0.1, -0.05) is 163 Å². The average molecular weight is 661 g/mol. The number of rotatable bonds is 18. The quantitative estimate of drug-likeness (QED) is 0.138. The Morgan fingerprint density at radius 1 is 0.727 bits per heavy atom. The Labute approximate surface area is 281 Å². The summed E-state index contributed by atoms with van der Waals surface area (Å²) in [6, 6.07) is 12.7. The molecule has 1 N–H and O–H groups in total. The summed E-state index contributed by atoms with van der Waals surface area (Å²) in [7, 11) is 0. The van der Waals surface area contributed by atoms with Gasteiger partial charge in [-0.05, 0) is 43.7 Å². The van der Waals surface area contributed by atoms with E-state index in [1.165, 1.54) is 103 Å². The van der Waals surface area contributed by atoms with Crippen LogP contribution in [0.4, 0.5) is 0 Å². The third-order valence-corrected chi connectivity index (χ3v) is 9.20. The lowest BCUT2D eigenvalue weighted by Gasteiger charge is -2.11. The van der Waals surface area contributed by atoms with Gasteiger partial charge in [-0.25, -0.2) is 4.68 Å². The molecule has 7 heteroatoms. The normalized spacial score (nSPS) is 12.4. The van der Waals surface area contributed by atoms with Crippen LogP contribution < -0.4 is 5.32 Å². The molecule has 0 unspecified atom stereocenters. The van der Waals surface area contributed by atoms with E-state index < -0.39 is 0 Å². The third kappa shape index (κ3) is 12.4. The molecule has 1 heterocycles. The highest BCUT2D eigenvalue weighted by atomic mass is 35.5. The highest BCUT2D eigenvalue weighted by Crippen LogP contribution is 2.33. The number of benzene rings is 2. The van der Waals surface area contributed by atoms with Crippen molar-refractivity contribution in [2.24, 2.45) is 0 Å². The maximum atomic E-state index is 13.2. The lowest BCUT2D eigenvalue weighted by Crippen LogP contribution is -2.25. The molecule has 2 aromatic carbocycles. The number of amides is 1. The van der Waals surface area contributed by atoms with Crippen molar-refractivity contribution in [2.75, 3.05) is 6.54 Å². The van der Waals surface area contributed by atoms with Crippen LogP contribution in [-0.4, -0.2) is 22.2 Å². The van der Waals surface area contributed by atoms with E-state index in [1.54, 1.807) is 16.8 Å². The molecule has 44 heavy (non-hydrogen) atoms. The van der Waals surface area contributed by atoms with Gasteiger partial charge >= 0.3 is 0 Å². The number of unbranched alkanes of at least 4 members (excludes halogenated alkanes) is 13. The van der Waals surface area contributed by atoms with Gasteiger partial charge in [-0.15, -0.1) is 0 Å². The van der Waals surface area contributed by atoms with Crippen molar-refractivity contribution >= 4 is 40.7 Å². The lowest BCUT2D eigenvalue weighted by atomic mass is 10.0. The molecular weight excluding hydrogens is 609 g/mol. The Morgan fingerprint density at radius 3 is 1.73 bits per heavy atom. The molecule has 0 aliphatic heterocycles. The molecule has 1 fully saturated rings. The number of nitrogens with one attached hydrogen (secondary N) is 1. The van der Waals surface area contributed by atoms with Crippen LogP contribution in [0.3, 0.4) is 0 Å². The Kier molecular flexibility index (Phi) is 17.3. The lowest BCUT2D eigenvalue weighted by molar-refractivity contribution is 0.0947. The summed E-state index contributed by atoms with van der Waals surface area (Å²) in [5.74, 6) is -0.175. The topological polar surface area (TPSA) is 46.9 Å². The SMILES string of the molecule is C1CCC1.CCCCCCCCCCCCCCCCNC(=O)c1nn(-c2ccc(Cl)cc2Cl)c(-c2ccc(Cl)cc2)c1C. The minimum atomic E-state index is -0.175. The molecule has 242 valence electrons. The molecule has 3 aromatic rings. The number of aromatic nitrogens is 2. The van der Waals surface area contributed by atoms with Crippen molar-refractivity contribution in [1.82, 2.24) is 15.1 Å². The fraction of sp³-hybridized carbons (Fsp3) is 0.568. The molecule has 0 atom stereocenters. The molecule has 0 spiro atoms. The molecule has 1 amide bonds. The van der Waals surface area contributed by atoms with Crippen LogP contribution in [-0.2, 0) is 0 Å². The van der Waals surface area contributed by atoms with E-state index in [-0.39, 0.29) is 5.91 Å². The second-order valence-electron chi connectivity index (χ2n) is 12.1. The first-order valence-corrected chi connectivity index (χ1v) is 18.1. The minimum Gasteiger partial charge on any atom is -0.351 e. The van der Waals surface area contributed by atoms with E-state index >= 15 is 0 Å². The smallest absolute Gasteiger partial charge is 0.272 e. The van der Waals surface area contributed by atoms with Crippen LogP contribution in [0.15, 0.2) is 42.5 Å². The Morgan fingerprint density at radius 2 is 1.23 bits per heavy atom. The number of halogens is 3. The summed E-state index contributed by atoms with van der Waals surface area (Å²) in [5.41, 5.74) is 3.52. The first-order chi connectivity index (χ1) is 21.4. The van der Waals surface area contributed by atoms with Gasteiger partial charge in [0.2, 0.25) is 0 Å². The third-order valence-electron chi connectivity index (χ3n) is 8.41. The molecule has 1 aromatic heterocycles. The maximum Gasteiger partial charge on any atom is 0.272 e. The summed E-state index contributed by atoms with van der Waals surface area (Å²) in [6.45, 7) is 4.83. The largest absolute Gasteiger partial charge is 0.351 e. The first kappa shape index (κ1) is 36.5. The Balaban J connectivity index is 0.00000122. The summed E-state index contributed by atoms with van der Waals surface area (Å²) in [4.78, 5) is 13.2. The van der Waals surface area contributed by atoms with Crippen LogP contribution in [0.25, 0.3) is 16.9 Å². The van der Waals surface area contributed by atoms with Crippen LogP contribution in [0.5, 0.6) is 0 Å². The van der Waals surface area contributed by atoms with Gasteiger partial charge in [0.1, 0.15) is 0 Å². The van der Waals surface area contributed by atoms with Crippen molar-refractivity contribution in [3.05, 3.63) is 68.8 Å². The predicted octanol–water partition coefficient (Wildman–Crippen LogP) is 12.6. The molecule has 0 radical (unpaired) electrons. The minimum absolute atomic E-state index is 0.175. The van der Waals surface area contributed by atoms with Crippen molar-refractivity contribution in [3.8, 4) is 16.9 Å². The van der Waals surface area contributed by atoms with Gasteiger partial charge in [-0.3, -0.25) is 4.79 Å². The number of hydrogen-bond acceptors (Lipinski definition) is 2. The van der Waals surface area contributed by atoms with Gasteiger partial charge in [0.05, 0.1) is 16.4 Å². The van der Waals surface area contributed by atoms with E-state index in [1.807, 2.05) is 37.3 Å². The van der Waals surface area contributed by atoms with E-state index in [0.29, 0.717) is 33.0 Å². The van der Waals surface area contributed by atoms with Crippen molar-refractivity contribution in [3.63, 3.8) is 0 Å². The molecule has 1 aliphatic rings. The average Bonchev–Trinajstić information content (AvgIpc) is 3.31. The molecule has 4 rings (SSSR count). The highest BCUT2D eigenvalue weighted by molar-refractivity contribution is 6.35. The highest BCUT2D eigenvalue weighted by Gasteiger charge is 2.23. The van der Waals surface area contributed by atoms with Crippen LogP contribution in [0, 0.1) is 6.92 Å². The zero-order chi connectivity index (χ0) is 31.6. The molecule has 0 saturated heterocycles. The number of carbonyl (C=O) groups excluding carboxylic acids is 1. The van der Waals surface area contributed by atoms with Crippen molar-refractivity contribution in [2.45, 2.75) is 129 Å². The van der Waals surface area contributed by atoms with E-state index in [0.717, 1.165) is 29.7 Å². The number of hydrogen-bond donors (Lipinski definition) is 1. The fourth-order valence-corrected chi connectivity index (χ4v) is 5.96. The van der Waals surface area contributed by atoms with E-state index in [2.05, 4.69) is 12.2 Å². The van der Waals surface area contributed by atoms with Crippen molar-refractivity contribution in [1.29, 1.82) is 0 Å². The van der Waals surface area contributed by atoms with Crippen LogP contribution in [0.2, 0.25) is 15.1 Å². The Bertz CT molecular complexity index is 1250. The standard InChI is InChI=1S/C33H44Cl3N3O.C4H8/c1-3-4-5-6-7-8-9-10-11-12-13-14-15-16-23-37-33(40)31-25(2)32(26-17-19-27(34)20-18-26)39(38-31)30-22-21-28(35)24-29(30)36;1-2-4-3-1/h17-22,24H,3-16,23H2,1-2H3,(H,37,40);1-4H2. The van der Waals surface area contributed by atoms with Gasteiger partial charge in [-0.2, -0.15) is 5.10 Å². The fourth-order valence-electron chi connectivity index (χ4n) is 5.34. The van der Waals surface area contributed by atoms with Gasteiger partial charge < -0.3 is 5.32 Å². The Hall–Kier alpha value is -2.01. The van der Waals surface area contributed by atoms with Crippen LogP contribution >= 0.6 is 34.8 Å². The van der Waals surface area contributed by atoms with Gasteiger partial charge in [0, 0.05) is 27.7 Å². The summed E-state index contributed by atoms with van der Waals surface area (Å²) >= 11 is 18.8. The van der Waals surface area contributed by atoms with E-state index in [9.17, 15) is 4.79 Å². The summed E-state index contributed by atoms with van der Waals surface area (Å²) in [6.07, 6.45) is 24.3. The summed E-state index contributed by atoms with van der Waals surface area (Å²) < 4.78 is 1.72. The molecule has 1 saturated carbocycles. The molecule has 0 bridgehead atoms. The summed E-state index contributed by atoms with van der Waals surface area (Å²) in [5, 5.41) is 9.41. The second-order valence-corrected chi connectivity index (χ2v) is 13.4. The first-order valence-electron chi connectivity index (χ1n) is 17.0. The molecule has 4 nitrogen and oxygen atoms in total.